The molecule has 1 N–H and O–H groups in total. The second-order valence-electron chi connectivity index (χ2n) is 8.05. The third-order valence-electron chi connectivity index (χ3n) is 5.67. The molecule has 0 spiro atoms. The maximum atomic E-state index is 12.2. The molecule has 3 aromatic carbocycles. The molecule has 0 atom stereocenters. The van der Waals surface area contributed by atoms with Crippen LogP contribution in [0.5, 0.6) is 0 Å². The van der Waals surface area contributed by atoms with Crippen LogP contribution < -0.4 is 5.32 Å². The zero-order valence-electron chi connectivity index (χ0n) is 18.0. The highest BCUT2D eigenvalue weighted by Crippen LogP contribution is 2.44. The number of rotatable bonds is 5. The van der Waals surface area contributed by atoms with Crippen molar-refractivity contribution in [1.29, 1.82) is 0 Å². The first-order valence-corrected chi connectivity index (χ1v) is 10.8. The average molecular weight is 410 g/mol. The Kier molecular flexibility index (Phi) is 6.38. The number of fused-ring (bicyclic) bond motifs is 3. The summed E-state index contributed by atoms with van der Waals surface area (Å²) < 4.78 is 5.56. The van der Waals surface area contributed by atoms with Crippen LogP contribution in [-0.4, -0.2) is 19.2 Å². The number of ether oxygens (including phenoxy) is 1. The van der Waals surface area contributed by atoms with Gasteiger partial charge in [0.25, 0.3) is 0 Å². The first-order chi connectivity index (χ1) is 15.1. The lowest BCUT2D eigenvalue weighted by atomic mass is 9.97. The maximum absolute atomic E-state index is 12.2. The van der Waals surface area contributed by atoms with E-state index in [9.17, 15) is 4.79 Å². The number of carbonyl (C=O) groups is 1. The molecule has 0 radical (unpaired) electrons. The van der Waals surface area contributed by atoms with Gasteiger partial charge in [0, 0.05) is 24.4 Å². The summed E-state index contributed by atoms with van der Waals surface area (Å²) in [5.41, 5.74) is 7.18. The van der Waals surface area contributed by atoms with Crippen LogP contribution in [0.15, 0.2) is 72.8 Å². The Balaban J connectivity index is 1.30. The van der Waals surface area contributed by atoms with Gasteiger partial charge in [-0.05, 0) is 39.8 Å². The number of amides is 1. The van der Waals surface area contributed by atoms with E-state index < -0.39 is 6.09 Å². The second-order valence-corrected chi connectivity index (χ2v) is 8.05. The van der Waals surface area contributed by atoms with Gasteiger partial charge < -0.3 is 10.1 Å². The molecule has 1 aliphatic carbocycles. The molecule has 0 bridgehead atoms. The van der Waals surface area contributed by atoms with E-state index in [-0.39, 0.29) is 5.92 Å². The number of benzene rings is 3. The van der Waals surface area contributed by atoms with E-state index in [1.165, 1.54) is 27.8 Å². The molecule has 1 amide bonds. The molecule has 156 valence electrons. The molecule has 0 heterocycles. The summed E-state index contributed by atoms with van der Waals surface area (Å²) >= 11 is 0. The highest BCUT2D eigenvalue weighted by atomic mass is 16.5. The molecule has 4 rings (SSSR count). The summed E-state index contributed by atoms with van der Waals surface area (Å²) in [7, 11) is 0. The molecular formula is C28H27NO2. The van der Waals surface area contributed by atoms with Crippen LogP contribution in [0.25, 0.3) is 11.1 Å². The van der Waals surface area contributed by atoms with Crippen LogP contribution in [0.3, 0.4) is 0 Å². The van der Waals surface area contributed by atoms with Crippen molar-refractivity contribution < 1.29 is 9.53 Å². The Bertz CT molecular complexity index is 1090. The molecule has 0 saturated carbocycles. The Morgan fingerprint density at radius 1 is 0.935 bits per heavy atom. The standard InChI is InChI=1S/C28H27NO2/c1-20(2)22-13-4-3-11-21(22)12-9-10-18-29-28(30)31-19-27-25-16-7-5-14-23(25)24-15-6-8-17-26(24)27/h3-8,11,13-17,20,27H,10,18-19H2,1-2H3,(H,29,30). The highest BCUT2D eigenvalue weighted by Gasteiger charge is 2.28. The van der Waals surface area contributed by atoms with Gasteiger partial charge in [0.15, 0.2) is 0 Å². The van der Waals surface area contributed by atoms with E-state index in [0.717, 1.165) is 5.56 Å². The third kappa shape index (κ3) is 4.64. The van der Waals surface area contributed by atoms with Gasteiger partial charge in [0.2, 0.25) is 0 Å². The highest BCUT2D eigenvalue weighted by molar-refractivity contribution is 5.79. The van der Waals surface area contributed by atoms with Gasteiger partial charge in [-0.2, -0.15) is 0 Å². The molecule has 0 unspecified atom stereocenters. The van der Waals surface area contributed by atoms with Crippen molar-refractivity contribution in [2.45, 2.75) is 32.1 Å². The van der Waals surface area contributed by atoms with Crippen molar-refractivity contribution >= 4 is 6.09 Å². The van der Waals surface area contributed by atoms with Gasteiger partial charge in [-0.15, -0.1) is 0 Å². The Hall–Kier alpha value is -3.51. The fourth-order valence-corrected chi connectivity index (χ4v) is 4.15. The molecule has 3 aromatic rings. The number of alkyl carbamates (subject to hydrolysis) is 1. The minimum atomic E-state index is -0.397. The fraction of sp³-hybridized carbons (Fsp3) is 0.250. The van der Waals surface area contributed by atoms with Crippen molar-refractivity contribution in [3.05, 3.63) is 95.1 Å². The van der Waals surface area contributed by atoms with Crippen molar-refractivity contribution in [3.63, 3.8) is 0 Å². The molecule has 3 nitrogen and oxygen atoms in total. The lowest BCUT2D eigenvalue weighted by molar-refractivity contribution is 0.143. The minimum Gasteiger partial charge on any atom is -0.449 e. The van der Waals surface area contributed by atoms with Gasteiger partial charge in [-0.1, -0.05) is 92.4 Å². The summed E-state index contributed by atoms with van der Waals surface area (Å²) in [6, 6.07) is 24.9. The number of hydrogen-bond donors (Lipinski definition) is 1. The first kappa shape index (κ1) is 20.8. The average Bonchev–Trinajstić information content (AvgIpc) is 3.11. The summed E-state index contributed by atoms with van der Waals surface area (Å²) in [5, 5.41) is 2.81. The zero-order valence-corrected chi connectivity index (χ0v) is 18.0. The maximum Gasteiger partial charge on any atom is 0.407 e. The first-order valence-electron chi connectivity index (χ1n) is 10.8. The molecule has 0 aromatic heterocycles. The Morgan fingerprint density at radius 2 is 1.55 bits per heavy atom. The molecule has 0 fully saturated rings. The van der Waals surface area contributed by atoms with Crippen LogP contribution in [-0.2, 0) is 4.74 Å². The lowest BCUT2D eigenvalue weighted by Crippen LogP contribution is -2.26. The van der Waals surface area contributed by atoms with Crippen LogP contribution in [0.4, 0.5) is 4.79 Å². The number of hydrogen-bond acceptors (Lipinski definition) is 2. The molecule has 31 heavy (non-hydrogen) atoms. The largest absolute Gasteiger partial charge is 0.449 e. The van der Waals surface area contributed by atoms with E-state index in [4.69, 9.17) is 4.74 Å². The topological polar surface area (TPSA) is 38.3 Å². The Labute approximate surface area is 184 Å². The zero-order chi connectivity index (χ0) is 21.6. The number of carbonyl (C=O) groups excluding carboxylic acids is 1. The minimum absolute atomic E-state index is 0.0745. The van der Waals surface area contributed by atoms with E-state index in [1.54, 1.807) is 0 Å². The predicted molar refractivity (Wildman–Crippen MR) is 125 cm³/mol. The Morgan fingerprint density at radius 3 is 2.23 bits per heavy atom. The van der Waals surface area contributed by atoms with Crippen LogP contribution in [0.2, 0.25) is 0 Å². The van der Waals surface area contributed by atoms with E-state index in [2.05, 4.69) is 61.3 Å². The van der Waals surface area contributed by atoms with Crippen molar-refractivity contribution in [2.24, 2.45) is 0 Å². The third-order valence-corrected chi connectivity index (χ3v) is 5.67. The van der Waals surface area contributed by atoms with Gasteiger partial charge in [-0.25, -0.2) is 4.79 Å². The van der Waals surface area contributed by atoms with Gasteiger partial charge in [0.05, 0.1) is 0 Å². The molecular weight excluding hydrogens is 382 g/mol. The van der Waals surface area contributed by atoms with E-state index in [0.29, 0.717) is 25.5 Å². The predicted octanol–water partition coefficient (Wildman–Crippen LogP) is 6.09. The summed E-state index contributed by atoms with van der Waals surface area (Å²) in [6.45, 7) is 5.12. The van der Waals surface area contributed by atoms with Crippen LogP contribution in [0, 0.1) is 11.8 Å². The smallest absolute Gasteiger partial charge is 0.407 e. The van der Waals surface area contributed by atoms with E-state index >= 15 is 0 Å². The van der Waals surface area contributed by atoms with Crippen LogP contribution >= 0.6 is 0 Å². The normalized spacial score (nSPS) is 12.0. The van der Waals surface area contributed by atoms with Gasteiger partial charge >= 0.3 is 6.09 Å². The summed E-state index contributed by atoms with van der Waals surface area (Å²) in [6.07, 6.45) is 0.183. The van der Waals surface area contributed by atoms with Crippen molar-refractivity contribution in [3.8, 4) is 23.0 Å². The van der Waals surface area contributed by atoms with Crippen LogP contribution in [0.1, 0.15) is 54.4 Å². The quantitative estimate of drug-likeness (QED) is 0.409. The summed E-state index contributed by atoms with van der Waals surface area (Å²) in [4.78, 5) is 12.2. The SMILES string of the molecule is CC(C)c1ccccc1C#CCCNC(=O)OCC1c2ccccc2-c2ccccc21. The molecule has 0 aliphatic heterocycles. The van der Waals surface area contributed by atoms with E-state index in [1.807, 2.05) is 42.5 Å². The fourth-order valence-electron chi connectivity index (χ4n) is 4.15. The summed E-state index contributed by atoms with van der Waals surface area (Å²) in [5.74, 6) is 6.89. The van der Waals surface area contributed by atoms with Crippen molar-refractivity contribution in [2.75, 3.05) is 13.2 Å². The number of nitrogens with one attached hydrogen (secondary N) is 1. The van der Waals surface area contributed by atoms with Gasteiger partial charge in [0.1, 0.15) is 6.61 Å². The molecule has 0 saturated heterocycles. The monoisotopic (exact) mass is 409 g/mol. The second kappa shape index (κ2) is 9.53. The molecule has 3 heteroatoms. The lowest BCUT2D eigenvalue weighted by Gasteiger charge is -2.14. The van der Waals surface area contributed by atoms with Gasteiger partial charge in [-0.3, -0.25) is 0 Å². The molecule has 1 aliphatic rings. The van der Waals surface area contributed by atoms with Crippen molar-refractivity contribution in [1.82, 2.24) is 5.32 Å².